The van der Waals surface area contributed by atoms with Crippen molar-refractivity contribution in [2.45, 2.75) is 31.6 Å². The van der Waals surface area contributed by atoms with Crippen molar-refractivity contribution in [2.75, 3.05) is 33.3 Å². The average Bonchev–Trinajstić information content (AvgIpc) is 2.53. The number of nitrogens with one attached hydrogen (secondary N) is 1. The second kappa shape index (κ2) is 8.91. The lowest BCUT2D eigenvalue weighted by Crippen LogP contribution is -2.40. The molecule has 0 bridgehead atoms. The normalized spacial score (nSPS) is 22.1. The minimum Gasteiger partial charge on any atom is -0.495 e. The number of benzene rings is 1. The first kappa shape index (κ1) is 20.8. The summed E-state index contributed by atoms with van der Waals surface area (Å²) in [7, 11) is -2.25. The standard InChI is InChI=1S/C17H26Cl2N2O3S/c1-12-9-13(2)11-21(10-12)8-4-7-20-25(22,23)15-6-5-14(24-3)16(18)17(15)19/h5-6,12-13,20H,4,7-11H2,1-3H3/t12-,13+. The molecule has 1 heterocycles. The highest BCUT2D eigenvalue weighted by atomic mass is 35.5. The second-order valence-electron chi connectivity index (χ2n) is 6.85. The Labute approximate surface area is 160 Å². The Kier molecular flexibility index (Phi) is 7.40. The van der Waals surface area contributed by atoms with E-state index in [1.807, 2.05) is 0 Å². The molecule has 1 aromatic carbocycles. The Morgan fingerprint density at radius 1 is 1.20 bits per heavy atom. The molecule has 8 heteroatoms. The van der Waals surface area contributed by atoms with Gasteiger partial charge >= 0.3 is 0 Å². The molecule has 0 amide bonds. The molecule has 1 aromatic rings. The maximum Gasteiger partial charge on any atom is 0.242 e. The first-order valence-corrected chi connectivity index (χ1v) is 10.7. The molecule has 25 heavy (non-hydrogen) atoms. The summed E-state index contributed by atoms with van der Waals surface area (Å²) in [5.74, 6) is 1.74. The molecule has 2 rings (SSSR count). The Balaban J connectivity index is 1.91. The number of methoxy groups -OCH3 is 1. The topological polar surface area (TPSA) is 58.6 Å². The van der Waals surface area contributed by atoms with E-state index in [0.29, 0.717) is 24.1 Å². The van der Waals surface area contributed by atoms with Gasteiger partial charge in [0.25, 0.3) is 0 Å². The van der Waals surface area contributed by atoms with E-state index in [4.69, 9.17) is 27.9 Å². The lowest BCUT2D eigenvalue weighted by atomic mass is 9.92. The highest BCUT2D eigenvalue weighted by Gasteiger charge is 2.23. The van der Waals surface area contributed by atoms with Gasteiger partial charge in [0.05, 0.1) is 12.1 Å². The van der Waals surface area contributed by atoms with Crippen LogP contribution in [0.25, 0.3) is 0 Å². The van der Waals surface area contributed by atoms with Crippen LogP contribution in [0.5, 0.6) is 5.75 Å². The van der Waals surface area contributed by atoms with E-state index in [9.17, 15) is 8.42 Å². The maximum atomic E-state index is 12.5. The fourth-order valence-electron chi connectivity index (χ4n) is 3.44. The van der Waals surface area contributed by atoms with Crippen molar-refractivity contribution in [3.8, 4) is 5.75 Å². The minimum atomic E-state index is -3.70. The van der Waals surface area contributed by atoms with Gasteiger partial charge in [-0.05, 0) is 43.4 Å². The van der Waals surface area contributed by atoms with E-state index in [1.165, 1.54) is 25.7 Å². The highest BCUT2D eigenvalue weighted by molar-refractivity contribution is 7.89. The number of sulfonamides is 1. The molecular formula is C17H26Cl2N2O3S. The number of hydrogen-bond acceptors (Lipinski definition) is 4. The van der Waals surface area contributed by atoms with Crippen molar-refractivity contribution in [1.29, 1.82) is 0 Å². The zero-order valence-corrected chi connectivity index (χ0v) is 17.2. The SMILES string of the molecule is COc1ccc(S(=O)(=O)NCCCN2C[C@H](C)C[C@H](C)C2)c(Cl)c1Cl. The average molecular weight is 409 g/mol. The summed E-state index contributed by atoms with van der Waals surface area (Å²) in [5.41, 5.74) is 0. The first-order valence-electron chi connectivity index (χ1n) is 8.48. The Morgan fingerprint density at radius 3 is 2.44 bits per heavy atom. The molecular weight excluding hydrogens is 383 g/mol. The van der Waals surface area contributed by atoms with Crippen LogP contribution in [0.3, 0.4) is 0 Å². The van der Waals surface area contributed by atoms with Gasteiger partial charge in [-0.15, -0.1) is 0 Å². The van der Waals surface area contributed by atoms with Crippen molar-refractivity contribution in [2.24, 2.45) is 11.8 Å². The number of likely N-dealkylation sites (tertiary alicyclic amines) is 1. The summed E-state index contributed by atoms with van der Waals surface area (Å²) >= 11 is 12.1. The predicted molar refractivity (Wildman–Crippen MR) is 102 cm³/mol. The highest BCUT2D eigenvalue weighted by Crippen LogP contribution is 2.36. The molecule has 0 saturated carbocycles. The summed E-state index contributed by atoms with van der Waals surface area (Å²) < 4.78 is 32.5. The molecule has 0 spiro atoms. The molecule has 0 aliphatic carbocycles. The lowest BCUT2D eigenvalue weighted by molar-refractivity contribution is 0.140. The van der Waals surface area contributed by atoms with Crippen LogP contribution in [0.15, 0.2) is 17.0 Å². The molecule has 0 unspecified atom stereocenters. The van der Waals surface area contributed by atoms with Crippen LogP contribution in [0.2, 0.25) is 10.0 Å². The third-order valence-electron chi connectivity index (χ3n) is 4.41. The van der Waals surface area contributed by atoms with Gasteiger partial charge in [-0.25, -0.2) is 13.1 Å². The van der Waals surface area contributed by atoms with E-state index < -0.39 is 10.0 Å². The fourth-order valence-corrected chi connectivity index (χ4v) is 5.35. The molecule has 1 fully saturated rings. The third kappa shape index (κ3) is 5.47. The van der Waals surface area contributed by atoms with Crippen molar-refractivity contribution >= 4 is 33.2 Å². The van der Waals surface area contributed by atoms with Crippen LogP contribution in [0.1, 0.15) is 26.7 Å². The van der Waals surface area contributed by atoms with Gasteiger partial charge in [0.2, 0.25) is 10.0 Å². The number of piperidine rings is 1. The number of hydrogen-bond donors (Lipinski definition) is 1. The van der Waals surface area contributed by atoms with Crippen LogP contribution in [0, 0.1) is 11.8 Å². The van der Waals surface area contributed by atoms with Gasteiger partial charge in [-0.1, -0.05) is 37.0 Å². The third-order valence-corrected chi connectivity index (χ3v) is 6.89. The van der Waals surface area contributed by atoms with Crippen molar-refractivity contribution < 1.29 is 13.2 Å². The molecule has 0 radical (unpaired) electrons. The number of ether oxygens (including phenoxy) is 1. The molecule has 1 aliphatic rings. The smallest absolute Gasteiger partial charge is 0.242 e. The summed E-state index contributed by atoms with van der Waals surface area (Å²) in [6, 6.07) is 2.91. The molecule has 142 valence electrons. The van der Waals surface area contributed by atoms with Gasteiger partial charge in [-0.2, -0.15) is 0 Å². The zero-order valence-electron chi connectivity index (χ0n) is 14.9. The summed E-state index contributed by atoms with van der Waals surface area (Å²) in [6.07, 6.45) is 2.01. The van der Waals surface area contributed by atoms with Crippen molar-refractivity contribution in [3.63, 3.8) is 0 Å². The summed E-state index contributed by atoms with van der Waals surface area (Å²) in [4.78, 5) is 2.38. The van der Waals surface area contributed by atoms with Crippen molar-refractivity contribution in [3.05, 3.63) is 22.2 Å². The first-order chi connectivity index (χ1) is 11.7. The minimum absolute atomic E-state index is 0.0211. The predicted octanol–water partition coefficient (Wildman–Crippen LogP) is 3.65. The van der Waals surface area contributed by atoms with E-state index in [0.717, 1.165) is 26.1 Å². The Bertz CT molecular complexity index is 687. The summed E-state index contributed by atoms with van der Waals surface area (Å²) in [5, 5.41) is 0.0792. The molecule has 0 aromatic heterocycles. The van der Waals surface area contributed by atoms with Gasteiger partial charge in [-0.3, -0.25) is 0 Å². The zero-order chi connectivity index (χ0) is 18.6. The van der Waals surface area contributed by atoms with E-state index in [2.05, 4.69) is 23.5 Å². The van der Waals surface area contributed by atoms with Crippen molar-refractivity contribution in [1.82, 2.24) is 9.62 Å². The lowest BCUT2D eigenvalue weighted by Gasteiger charge is -2.34. The molecule has 2 atom stereocenters. The Hall–Kier alpha value is -0.530. The van der Waals surface area contributed by atoms with E-state index >= 15 is 0 Å². The van der Waals surface area contributed by atoms with Crippen LogP contribution < -0.4 is 9.46 Å². The van der Waals surface area contributed by atoms with E-state index in [-0.39, 0.29) is 14.9 Å². The monoisotopic (exact) mass is 408 g/mol. The van der Waals surface area contributed by atoms with Crippen LogP contribution >= 0.6 is 23.2 Å². The van der Waals surface area contributed by atoms with Crippen LogP contribution in [-0.2, 0) is 10.0 Å². The van der Waals surface area contributed by atoms with E-state index in [1.54, 1.807) is 0 Å². The van der Waals surface area contributed by atoms with Gasteiger partial charge in [0.15, 0.2) is 0 Å². The van der Waals surface area contributed by atoms with Gasteiger partial charge in [0.1, 0.15) is 15.7 Å². The van der Waals surface area contributed by atoms with Crippen LogP contribution in [0.4, 0.5) is 0 Å². The quantitative estimate of drug-likeness (QED) is 0.699. The molecule has 5 nitrogen and oxygen atoms in total. The van der Waals surface area contributed by atoms with Gasteiger partial charge < -0.3 is 9.64 Å². The van der Waals surface area contributed by atoms with Gasteiger partial charge in [0, 0.05) is 19.6 Å². The molecule has 1 saturated heterocycles. The molecule has 1 N–H and O–H groups in total. The molecule has 1 aliphatic heterocycles. The Morgan fingerprint density at radius 2 is 1.84 bits per heavy atom. The van der Waals surface area contributed by atoms with Crippen LogP contribution in [-0.4, -0.2) is 46.6 Å². The number of nitrogens with zero attached hydrogens (tertiary/aromatic N) is 1. The summed E-state index contributed by atoms with van der Waals surface area (Å²) in [6.45, 7) is 7.94. The fraction of sp³-hybridized carbons (Fsp3) is 0.647. The number of halogens is 2. The number of rotatable bonds is 7. The second-order valence-corrected chi connectivity index (χ2v) is 9.34. The largest absolute Gasteiger partial charge is 0.495 e. The maximum absolute atomic E-state index is 12.5.